The van der Waals surface area contributed by atoms with Gasteiger partial charge in [0.25, 0.3) is 5.91 Å². The van der Waals surface area contributed by atoms with Crippen molar-refractivity contribution in [2.75, 3.05) is 7.05 Å². The standard InChI is InChI=1S/C20H23N3O3S/c1-5-16(25-15-9-8-13(2)14(3)11-15)20(24)23(4)12-18-21-19(22-26-18)17-7-6-10-27-17/h6-11,16H,5,12H2,1-4H3/t16-/m1/s1. The Hall–Kier alpha value is -2.67. The zero-order valence-corrected chi connectivity index (χ0v) is 16.7. The average Bonchev–Trinajstić information content (AvgIpc) is 3.33. The minimum Gasteiger partial charge on any atom is -0.481 e. The van der Waals surface area contributed by atoms with Crippen LogP contribution in [0.3, 0.4) is 0 Å². The normalized spacial score (nSPS) is 12.0. The Balaban J connectivity index is 1.65. The predicted molar refractivity (Wildman–Crippen MR) is 105 cm³/mol. The Kier molecular flexibility index (Phi) is 5.91. The molecule has 3 aromatic rings. The fourth-order valence-corrected chi connectivity index (χ4v) is 3.26. The molecule has 0 aliphatic heterocycles. The lowest BCUT2D eigenvalue weighted by molar-refractivity contribution is -0.138. The van der Waals surface area contributed by atoms with Crippen LogP contribution < -0.4 is 4.74 Å². The topological polar surface area (TPSA) is 68.5 Å². The van der Waals surface area contributed by atoms with Gasteiger partial charge in [-0.25, -0.2) is 0 Å². The smallest absolute Gasteiger partial charge is 0.263 e. The molecule has 0 aliphatic carbocycles. The van der Waals surface area contributed by atoms with Crippen LogP contribution in [0.15, 0.2) is 40.2 Å². The van der Waals surface area contributed by atoms with E-state index in [0.717, 1.165) is 10.4 Å². The van der Waals surface area contributed by atoms with Gasteiger partial charge in [-0.15, -0.1) is 11.3 Å². The lowest BCUT2D eigenvalue weighted by Gasteiger charge is -2.23. The third kappa shape index (κ3) is 4.54. The van der Waals surface area contributed by atoms with Crippen molar-refractivity contribution in [3.05, 3.63) is 52.7 Å². The van der Waals surface area contributed by atoms with Crippen molar-refractivity contribution in [3.8, 4) is 16.5 Å². The van der Waals surface area contributed by atoms with Crippen LogP contribution in [0.4, 0.5) is 0 Å². The third-order valence-corrected chi connectivity index (χ3v) is 5.23. The summed E-state index contributed by atoms with van der Waals surface area (Å²) in [6.07, 6.45) is 0.0113. The van der Waals surface area contributed by atoms with Gasteiger partial charge in [0, 0.05) is 7.05 Å². The maximum absolute atomic E-state index is 12.8. The second kappa shape index (κ2) is 8.35. The molecule has 7 heteroatoms. The van der Waals surface area contributed by atoms with E-state index in [1.54, 1.807) is 23.3 Å². The van der Waals surface area contributed by atoms with E-state index in [1.807, 2.05) is 56.5 Å². The first-order chi connectivity index (χ1) is 13.0. The Labute approximate surface area is 162 Å². The molecule has 0 spiro atoms. The molecule has 1 amide bonds. The van der Waals surface area contributed by atoms with Gasteiger partial charge in [0.05, 0.1) is 11.4 Å². The van der Waals surface area contributed by atoms with Crippen molar-refractivity contribution in [2.45, 2.75) is 39.8 Å². The predicted octanol–water partition coefficient (Wildman–Crippen LogP) is 4.23. The molecule has 1 aromatic carbocycles. The molecule has 0 saturated carbocycles. The molecule has 0 aliphatic rings. The molecule has 1 atom stereocenters. The summed E-state index contributed by atoms with van der Waals surface area (Å²) in [6.45, 7) is 6.24. The summed E-state index contributed by atoms with van der Waals surface area (Å²) in [5.41, 5.74) is 2.33. The highest BCUT2D eigenvalue weighted by atomic mass is 32.1. The molecule has 2 aromatic heterocycles. The molecular formula is C20H23N3O3S. The number of ether oxygens (including phenoxy) is 1. The quantitative estimate of drug-likeness (QED) is 0.609. The van der Waals surface area contributed by atoms with E-state index in [9.17, 15) is 4.79 Å². The number of hydrogen-bond donors (Lipinski definition) is 0. The van der Waals surface area contributed by atoms with Crippen LogP contribution in [0, 0.1) is 13.8 Å². The number of nitrogens with zero attached hydrogens (tertiary/aromatic N) is 3. The second-order valence-corrected chi connectivity index (χ2v) is 7.39. The summed E-state index contributed by atoms with van der Waals surface area (Å²) in [6, 6.07) is 9.70. The van der Waals surface area contributed by atoms with Crippen LogP contribution in [0.5, 0.6) is 5.75 Å². The van der Waals surface area contributed by atoms with Gasteiger partial charge in [-0.3, -0.25) is 4.79 Å². The molecule has 3 rings (SSSR count). The van der Waals surface area contributed by atoms with Gasteiger partial charge in [-0.2, -0.15) is 4.98 Å². The molecule has 6 nitrogen and oxygen atoms in total. The van der Waals surface area contributed by atoms with Gasteiger partial charge in [-0.05, 0) is 55.0 Å². The molecule has 0 N–H and O–H groups in total. The van der Waals surface area contributed by atoms with Crippen molar-refractivity contribution in [1.82, 2.24) is 15.0 Å². The highest BCUT2D eigenvalue weighted by Gasteiger charge is 2.24. The van der Waals surface area contributed by atoms with Crippen molar-refractivity contribution in [3.63, 3.8) is 0 Å². The van der Waals surface area contributed by atoms with Gasteiger partial charge in [0.15, 0.2) is 6.10 Å². The minimum absolute atomic E-state index is 0.119. The molecule has 0 radical (unpaired) electrons. The monoisotopic (exact) mass is 385 g/mol. The zero-order valence-electron chi connectivity index (χ0n) is 15.9. The summed E-state index contributed by atoms with van der Waals surface area (Å²) in [4.78, 5) is 19.6. The van der Waals surface area contributed by atoms with E-state index < -0.39 is 6.10 Å². The second-order valence-electron chi connectivity index (χ2n) is 6.44. The zero-order chi connectivity index (χ0) is 19.4. The summed E-state index contributed by atoms with van der Waals surface area (Å²) in [5.74, 6) is 1.52. The van der Waals surface area contributed by atoms with E-state index in [4.69, 9.17) is 9.26 Å². The number of hydrogen-bond acceptors (Lipinski definition) is 6. The number of aryl methyl sites for hydroxylation is 2. The summed E-state index contributed by atoms with van der Waals surface area (Å²) in [7, 11) is 1.71. The first-order valence-electron chi connectivity index (χ1n) is 8.83. The summed E-state index contributed by atoms with van der Waals surface area (Å²) < 4.78 is 11.2. The Bertz CT molecular complexity index is 905. The molecule has 0 saturated heterocycles. The van der Waals surface area contributed by atoms with Crippen molar-refractivity contribution in [2.24, 2.45) is 0 Å². The van der Waals surface area contributed by atoms with E-state index in [-0.39, 0.29) is 12.5 Å². The number of likely N-dealkylation sites (N-methyl/N-ethyl adjacent to an activating group) is 1. The number of benzene rings is 1. The van der Waals surface area contributed by atoms with Gasteiger partial charge < -0.3 is 14.2 Å². The van der Waals surface area contributed by atoms with Gasteiger partial charge >= 0.3 is 0 Å². The molecule has 27 heavy (non-hydrogen) atoms. The van der Waals surface area contributed by atoms with E-state index in [0.29, 0.717) is 23.9 Å². The minimum atomic E-state index is -0.559. The van der Waals surface area contributed by atoms with E-state index in [1.165, 1.54) is 5.56 Å². The van der Waals surface area contributed by atoms with E-state index >= 15 is 0 Å². The number of carbonyl (C=O) groups is 1. The van der Waals surface area contributed by atoms with Crippen LogP contribution in [-0.4, -0.2) is 34.1 Å². The molecule has 0 fully saturated rings. The highest BCUT2D eigenvalue weighted by Crippen LogP contribution is 2.22. The molecular weight excluding hydrogens is 362 g/mol. The van der Waals surface area contributed by atoms with Crippen molar-refractivity contribution < 1.29 is 14.1 Å². The Morgan fingerprint density at radius 2 is 2.11 bits per heavy atom. The van der Waals surface area contributed by atoms with Crippen LogP contribution in [0.25, 0.3) is 10.7 Å². The van der Waals surface area contributed by atoms with Crippen LogP contribution in [-0.2, 0) is 11.3 Å². The highest BCUT2D eigenvalue weighted by molar-refractivity contribution is 7.13. The Morgan fingerprint density at radius 1 is 1.30 bits per heavy atom. The average molecular weight is 385 g/mol. The Morgan fingerprint density at radius 3 is 2.78 bits per heavy atom. The molecule has 2 heterocycles. The lowest BCUT2D eigenvalue weighted by atomic mass is 10.1. The van der Waals surface area contributed by atoms with Gasteiger partial charge in [0.2, 0.25) is 11.7 Å². The fourth-order valence-electron chi connectivity index (χ4n) is 2.61. The number of carbonyl (C=O) groups excluding carboxylic acids is 1. The van der Waals surface area contributed by atoms with Gasteiger partial charge in [0.1, 0.15) is 5.75 Å². The number of aromatic nitrogens is 2. The number of rotatable bonds is 7. The maximum atomic E-state index is 12.8. The van der Waals surface area contributed by atoms with E-state index in [2.05, 4.69) is 10.1 Å². The molecule has 0 bridgehead atoms. The first kappa shape index (κ1) is 19.1. The number of amides is 1. The third-order valence-electron chi connectivity index (χ3n) is 4.36. The van der Waals surface area contributed by atoms with Crippen LogP contribution in [0.2, 0.25) is 0 Å². The molecule has 142 valence electrons. The summed E-state index contributed by atoms with van der Waals surface area (Å²) in [5, 5.41) is 5.93. The summed E-state index contributed by atoms with van der Waals surface area (Å²) >= 11 is 1.54. The number of thiophene rings is 1. The fraction of sp³-hybridized carbons (Fsp3) is 0.350. The van der Waals surface area contributed by atoms with Crippen LogP contribution >= 0.6 is 11.3 Å². The lowest BCUT2D eigenvalue weighted by Crippen LogP contribution is -2.39. The van der Waals surface area contributed by atoms with Gasteiger partial charge in [-0.1, -0.05) is 24.2 Å². The first-order valence-corrected chi connectivity index (χ1v) is 9.71. The van der Waals surface area contributed by atoms with Crippen molar-refractivity contribution >= 4 is 17.2 Å². The largest absolute Gasteiger partial charge is 0.481 e. The van der Waals surface area contributed by atoms with Crippen LogP contribution in [0.1, 0.15) is 30.4 Å². The maximum Gasteiger partial charge on any atom is 0.263 e. The SMILES string of the molecule is CC[C@@H](Oc1ccc(C)c(C)c1)C(=O)N(C)Cc1nc(-c2cccs2)no1. The van der Waals surface area contributed by atoms with Crippen molar-refractivity contribution in [1.29, 1.82) is 0 Å². The molecule has 0 unspecified atom stereocenters.